The number of rotatable bonds is 3. The number of alkyl halides is 3. The largest absolute Gasteiger partial charge is 0.573 e. The Kier molecular flexibility index (Phi) is 3.44. The van der Waals surface area contributed by atoms with Gasteiger partial charge < -0.3 is 14.4 Å². The van der Waals surface area contributed by atoms with E-state index in [1.54, 1.807) is 13.1 Å². The van der Waals surface area contributed by atoms with Gasteiger partial charge in [-0.25, -0.2) is 4.79 Å². The molecule has 4 nitrogen and oxygen atoms in total. The van der Waals surface area contributed by atoms with Crippen LogP contribution in [0.1, 0.15) is 10.5 Å². The Hall–Kier alpha value is -2.44. The van der Waals surface area contributed by atoms with Crippen molar-refractivity contribution < 1.29 is 27.8 Å². The minimum atomic E-state index is -4.73. The zero-order valence-electron chi connectivity index (χ0n) is 10.3. The van der Waals surface area contributed by atoms with Gasteiger partial charge >= 0.3 is 12.3 Å². The van der Waals surface area contributed by atoms with Gasteiger partial charge in [-0.2, -0.15) is 0 Å². The van der Waals surface area contributed by atoms with Crippen molar-refractivity contribution in [1.29, 1.82) is 0 Å². The maximum absolute atomic E-state index is 12.0. The number of hydrogen-bond donors (Lipinski definition) is 1. The van der Waals surface area contributed by atoms with Gasteiger partial charge in [0.2, 0.25) is 0 Å². The summed E-state index contributed by atoms with van der Waals surface area (Å²) in [6, 6.07) is 8.23. The van der Waals surface area contributed by atoms with Gasteiger partial charge in [-0.3, -0.25) is 0 Å². The molecule has 20 heavy (non-hydrogen) atoms. The minimum absolute atomic E-state index is 0.0932. The summed E-state index contributed by atoms with van der Waals surface area (Å²) in [6.45, 7) is 0. The Morgan fingerprint density at radius 1 is 1.15 bits per heavy atom. The number of nitrogens with zero attached hydrogens (tertiary/aromatic N) is 1. The van der Waals surface area contributed by atoms with Gasteiger partial charge in [-0.05, 0) is 42.0 Å². The molecule has 0 aliphatic carbocycles. The van der Waals surface area contributed by atoms with E-state index in [0.717, 1.165) is 0 Å². The van der Waals surface area contributed by atoms with Crippen LogP contribution >= 0.6 is 0 Å². The second-order valence-corrected chi connectivity index (χ2v) is 4.04. The fraction of sp³-hybridized carbons (Fsp3) is 0.154. The molecule has 0 amide bonds. The highest BCUT2D eigenvalue weighted by Crippen LogP contribution is 2.27. The first-order valence-electron chi connectivity index (χ1n) is 5.53. The van der Waals surface area contributed by atoms with Gasteiger partial charge in [-0.15, -0.1) is 13.2 Å². The fourth-order valence-corrected chi connectivity index (χ4v) is 1.84. The first-order valence-corrected chi connectivity index (χ1v) is 5.53. The number of hydrogen-bond acceptors (Lipinski definition) is 2. The highest BCUT2D eigenvalue weighted by molar-refractivity contribution is 5.87. The van der Waals surface area contributed by atoms with E-state index in [2.05, 4.69) is 4.74 Å². The van der Waals surface area contributed by atoms with Crippen LogP contribution in [0.25, 0.3) is 11.3 Å². The maximum atomic E-state index is 12.0. The average Bonchev–Trinajstić information content (AvgIpc) is 2.70. The first kappa shape index (κ1) is 14.0. The quantitative estimate of drug-likeness (QED) is 0.941. The first-order chi connectivity index (χ1) is 9.28. The Bertz CT molecular complexity index is 629. The maximum Gasteiger partial charge on any atom is 0.573 e. The number of benzene rings is 1. The average molecular weight is 285 g/mol. The van der Waals surface area contributed by atoms with Crippen molar-refractivity contribution in [3.63, 3.8) is 0 Å². The van der Waals surface area contributed by atoms with Gasteiger partial charge in [0.1, 0.15) is 11.4 Å². The summed E-state index contributed by atoms with van der Waals surface area (Å²) in [7, 11) is 1.57. The summed E-state index contributed by atoms with van der Waals surface area (Å²) in [4.78, 5) is 10.9. The SMILES string of the molecule is Cn1c(C(=O)O)ccc1-c1ccc(OC(F)(F)F)cc1. The summed E-state index contributed by atoms with van der Waals surface area (Å²) in [5.41, 5.74) is 1.27. The van der Waals surface area contributed by atoms with Gasteiger partial charge in [0.05, 0.1) is 0 Å². The molecule has 7 heteroatoms. The molecule has 0 radical (unpaired) electrons. The molecule has 0 fully saturated rings. The lowest BCUT2D eigenvalue weighted by atomic mass is 10.1. The van der Waals surface area contributed by atoms with Crippen molar-refractivity contribution in [2.24, 2.45) is 7.05 Å². The van der Waals surface area contributed by atoms with Crippen molar-refractivity contribution in [1.82, 2.24) is 4.57 Å². The lowest BCUT2D eigenvalue weighted by Gasteiger charge is -2.10. The molecule has 1 aromatic heterocycles. The zero-order valence-corrected chi connectivity index (χ0v) is 10.3. The van der Waals surface area contributed by atoms with Crippen LogP contribution < -0.4 is 4.74 Å². The van der Waals surface area contributed by atoms with Crippen molar-refractivity contribution in [2.45, 2.75) is 6.36 Å². The van der Waals surface area contributed by atoms with Crippen LogP contribution in [0.15, 0.2) is 36.4 Å². The van der Waals surface area contributed by atoms with Crippen LogP contribution in [-0.4, -0.2) is 22.0 Å². The van der Waals surface area contributed by atoms with E-state index in [-0.39, 0.29) is 11.4 Å². The molecule has 106 valence electrons. The standard InChI is InChI=1S/C13H10F3NO3/c1-17-10(6-7-11(17)12(18)19)8-2-4-9(5-3-8)20-13(14,15)16/h2-7H,1H3,(H,18,19). The van der Waals surface area contributed by atoms with E-state index in [1.165, 1.54) is 34.9 Å². The van der Waals surface area contributed by atoms with E-state index >= 15 is 0 Å². The van der Waals surface area contributed by atoms with Crippen LogP contribution in [0.2, 0.25) is 0 Å². The van der Waals surface area contributed by atoms with Gasteiger partial charge in [0, 0.05) is 12.7 Å². The summed E-state index contributed by atoms with van der Waals surface area (Å²) in [6.07, 6.45) is -4.73. The topological polar surface area (TPSA) is 51.5 Å². The number of aromatic carboxylic acids is 1. The Balaban J connectivity index is 2.29. The molecule has 2 aromatic rings. The Morgan fingerprint density at radius 2 is 1.75 bits per heavy atom. The molecule has 0 saturated heterocycles. The van der Waals surface area contributed by atoms with Crippen molar-refractivity contribution in [2.75, 3.05) is 0 Å². The number of carboxylic acid groups (broad SMARTS) is 1. The van der Waals surface area contributed by atoms with Gasteiger partial charge in [-0.1, -0.05) is 0 Å². The number of halogens is 3. The molecule has 0 bridgehead atoms. The lowest BCUT2D eigenvalue weighted by molar-refractivity contribution is -0.274. The van der Waals surface area contributed by atoms with Crippen molar-refractivity contribution in [3.05, 3.63) is 42.1 Å². The molecule has 0 spiro atoms. The number of carbonyl (C=O) groups is 1. The molecule has 1 aromatic carbocycles. The van der Waals surface area contributed by atoms with E-state index in [9.17, 15) is 18.0 Å². The third-order valence-corrected chi connectivity index (χ3v) is 2.72. The predicted octanol–water partition coefficient (Wildman–Crippen LogP) is 3.29. The van der Waals surface area contributed by atoms with Crippen LogP contribution in [0.4, 0.5) is 13.2 Å². The molecule has 0 saturated carbocycles. The molecule has 0 aliphatic heterocycles. The molecular weight excluding hydrogens is 275 g/mol. The van der Waals surface area contributed by atoms with E-state index < -0.39 is 12.3 Å². The normalized spacial score (nSPS) is 11.4. The van der Waals surface area contributed by atoms with Gasteiger partial charge in [0.25, 0.3) is 0 Å². The van der Waals surface area contributed by atoms with E-state index in [4.69, 9.17) is 5.11 Å². The van der Waals surface area contributed by atoms with Crippen LogP contribution in [0, 0.1) is 0 Å². The molecule has 1 heterocycles. The molecule has 2 rings (SSSR count). The highest BCUT2D eigenvalue weighted by atomic mass is 19.4. The number of aromatic nitrogens is 1. The minimum Gasteiger partial charge on any atom is -0.477 e. The monoisotopic (exact) mass is 285 g/mol. The van der Waals surface area contributed by atoms with Crippen molar-refractivity contribution >= 4 is 5.97 Å². The Labute approximate surface area is 112 Å². The Morgan fingerprint density at radius 3 is 2.20 bits per heavy atom. The predicted molar refractivity (Wildman–Crippen MR) is 64.5 cm³/mol. The molecule has 0 unspecified atom stereocenters. The summed E-state index contributed by atoms with van der Waals surface area (Å²) >= 11 is 0. The zero-order chi connectivity index (χ0) is 14.9. The molecule has 0 atom stereocenters. The molecule has 0 aliphatic rings. The lowest BCUT2D eigenvalue weighted by Crippen LogP contribution is -2.16. The van der Waals surface area contributed by atoms with Crippen LogP contribution in [0.5, 0.6) is 5.75 Å². The van der Waals surface area contributed by atoms with Crippen LogP contribution in [0.3, 0.4) is 0 Å². The summed E-state index contributed by atoms with van der Waals surface area (Å²) < 4.78 is 41.3. The number of carboxylic acids is 1. The summed E-state index contributed by atoms with van der Waals surface area (Å²) in [5.74, 6) is -1.40. The molecule has 1 N–H and O–H groups in total. The second-order valence-electron chi connectivity index (χ2n) is 4.04. The molecular formula is C13H10F3NO3. The second kappa shape index (κ2) is 4.92. The number of ether oxygens (including phenoxy) is 1. The van der Waals surface area contributed by atoms with Gasteiger partial charge in [0.15, 0.2) is 0 Å². The summed E-state index contributed by atoms with van der Waals surface area (Å²) in [5, 5.41) is 8.93. The third kappa shape index (κ3) is 2.93. The third-order valence-electron chi connectivity index (χ3n) is 2.72. The highest BCUT2D eigenvalue weighted by Gasteiger charge is 2.31. The fourth-order valence-electron chi connectivity index (χ4n) is 1.84. The van der Waals surface area contributed by atoms with Crippen LogP contribution in [-0.2, 0) is 7.05 Å². The van der Waals surface area contributed by atoms with E-state index in [1.807, 2.05) is 0 Å². The van der Waals surface area contributed by atoms with E-state index in [0.29, 0.717) is 11.3 Å². The van der Waals surface area contributed by atoms with Crippen molar-refractivity contribution in [3.8, 4) is 17.0 Å². The smallest absolute Gasteiger partial charge is 0.477 e.